The van der Waals surface area contributed by atoms with Crippen LogP contribution in [0.25, 0.3) is 39.0 Å². The van der Waals surface area contributed by atoms with Crippen molar-refractivity contribution in [3.63, 3.8) is 0 Å². The highest BCUT2D eigenvalue weighted by Crippen LogP contribution is 2.35. The second-order valence-electron chi connectivity index (χ2n) is 10.9. The zero-order valence-electron chi connectivity index (χ0n) is 23.4. The zero-order valence-corrected chi connectivity index (χ0v) is 23.4. The molecule has 1 aliphatic heterocycles. The highest BCUT2D eigenvalue weighted by Gasteiger charge is 2.18. The number of halogens is 1. The van der Waals surface area contributed by atoms with Gasteiger partial charge in [-0.05, 0) is 111 Å². The van der Waals surface area contributed by atoms with E-state index in [0.29, 0.717) is 5.69 Å². The fourth-order valence-corrected chi connectivity index (χ4v) is 5.90. The molecule has 6 nitrogen and oxygen atoms in total. The standard InChI is InChI=1S/C34H35FN6/c1-3-7-29(25-14-23(15-27(35)16-25)8-6-13-41-11-4-5-12-41)30-19-33(38-22(30)2)34-31-18-24(9-10-32(31)39-40-34)26-17-28(36)21-37-20-26/h3,7,9-10,14-21,38H,1,4-6,8,11-13,36H2,2H3,(H,39,40)/b29-7-. The normalized spacial score (nSPS) is 14.2. The molecule has 7 heteroatoms. The van der Waals surface area contributed by atoms with Gasteiger partial charge in [-0.2, -0.15) is 5.10 Å². The summed E-state index contributed by atoms with van der Waals surface area (Å²) in [6.07, 6.45) is 11.6. The summed E-state index contributed by atoms with van der Waals surface area (Å²) in [6.45, 7) is 9.40. The molecule has 1 saturated heterocycles. The van der Waals surface area contributed by atoms with Crippen LogP contribution in [0.15, 0.2) is 79.7 Å². The highest BCUT2D eigenvalue weighted by molar-refractivity contribution is 5.96. The number of likely N-dealkylation sites (tertiary alicyclic amines) is 1. The molecule has 0 aliphatic carbocycles. The molecule has 4 heterocycles. The quantitative estimate of drug-likeness (QED) is 0.169. The largest absolute Gasteiger partial charge is 0.397 e. The van der Waals surface area contributed by atoms with E-state index < -0.39 is 0 Å². The minimum atomic E-state index is -0.219. The molecule has 0 amide bonds. The summed E-state index contributed by atoms with van der Waals surface area (Å²) in [6, 6.07) is 15.5. The van der Waals surface area contributed by atoms with Crippen molar-refractivity contribution in [2.45, 2.75) is 32.6 Å². The Labute approximate surface area is 239 Å². The van der Waals surface area contributed by atoms with Gasteiger partial charge in [-0.3, -0.25) is 10.1 Å². The number of hydrogen-bond acceptors (Lipinski definition) is 4. The number of anilines is 1. The number of nitrogens with two attached hydrogens (primary N) is 1. The van der Waals surface area contributed by atoms with Crippen LogP contribution < -0.4 is 5.73 Å². The van der Waals surface area contributed by atoms with E-state index in [1.54, 1.807) is 30.6 Å². The molecular formula is C34H35FN6. The van der Waals surface area contributed by atoms with Crippen molar-refractivity contribution >= 4 is 22.2 Å². The van der Waals surface area contributed by atoms with Crippen LogP contribution in [0.3, 0.4) is 0 Å². The summed E-state index contributed by atoms with van der Waals surface area (Å²) in [7, 11) is 0. The molecule has 0 saturated carbocycles. The van der Waals surface area contributed by atoms with Crippen LogP contribution in [0, 0.1) is 12.7 Å². The predicted molar refractivity (Wildman–Crippen MR) is 166 cm³/mol. The van der Waals surface area contributed by atoms with Gasteiger partial charge >= 0.3 is 0 Å². The molecule has 2 aromatic carbocycles. The first-order valence-corrected chi connectivity index (χ1v) is 14.2. The fraction of sp³-hybridized carbons (Fsp3) is 0.235. The first-order chi connectivity index (χ1) is 20.0. The summed E-state index contributed by atoms with van der Waals surface area (Å²) in [5, 5.41) is 8.78. The summed E-state index contributed by atoms with van der Waals surface area (Å²) < 4.78 is 14.9. The maximum absolute atomic E-state index is 14.9. The zero-order chi connectivity index (χ0) is 28.3. The van der Waals surface area contributed by atoms with Crippen LogP contribution in [-0.4, -0.2) is 44.7 Å². The number of nitrogens with zero attached hydrogens (tertiary/aromatic N) is 3. The van der Waals surface area contributed by atoms with E-state index in [9.17, 15) is 4.39 Å². The van der Waals surface area contributed by atoms with Crippen molar-refractivity contribution in [3.05, 3.63) is 108 Å². The molecule has 41 heavy (non-hydrogen) atoms. The number of nitrogen functional groups attached to an aromatic ring is 1. The molecular weight excluding hydrogens is 511 g/mol. The number of aryl methyl sites for hydroxylation is 2. The Kier molecular flexibility index (Phi) is 7.53. The number of nitrogens with one attached hydrogen (secondary N) is 2. The maximum Gasteiger partial charge on any atom is 0.124 e. The lowest BCUT2D eigenvalue weighted by Gasteiger charge is -2.15. The number of fused-ring (bicyclic) bond motifs is 1. The Morgan fingerprint density at radius 2 is 1.93 bits per heavy atom. The van der Waals surface area contributed by atoms with Crippen molar-refractivity contribution in [2.24, 2.45) is 0 Å². The Balaban J connectivity index is 1.32. The Morgan fingerprint density at radius 3 is 2.73 bits per heavy atom. The fourth-order valence-electron chi connectivity index (χ4n) is 5.90. The lowest BCUT2D eigenvalue weighted by atomic mass is 9.94. The van der Waals surface area contributed by atoms with E-state index in [4.69, 9.17) is 5.73 Å². The van der Waals surface area contributed by atoms with Crippen LogP contribution in [0.4, 0.5) is 10.1 Å². The van der Waals surface area contributed by atoms with Gasteiger partial charge in [0.15, 0.2) is 0 Å². The molecule has 0 spiro atoms. The average molecular weight is 547 g/mol. The number of pyridine rings is 1. The van der Waals surface area contributed by atoms with E-state index in [1.165, 1.54) is 25.9 Å². The molecule has 6 rings (SSSR count). The van der Waals surface area contributed by atoms with Crippen molar-refractivity contribution in [1.82, 2.24) is 25.1 Å². The molecule has 0 radical (unpaired) electrons. The van der Waals surface area contributed by atoms with Gasteiger partial charge in [-0.1, -0.05) is 30.9 Å². The van der Waals surface area contributed by atoms with Crippen molar-refractivity contribution in [3.8, 4) is 22.5 Å². The van der Waals surface area contributed by atoms with Crippen LogP contribution in [-0.2, 0) is 6.42 Å². The minimum absolute atomic E-state index is 0.219. The average Bonchev–Trinajstić information content (AvgIpc) is 3.71. The van der Waals surface area contributed by atoms with Gasteiger partial charge in [0.05, 0.1) is 16.9 Å². The smallest absolute Gasteiger partial charge is 0.124 e. The van der Waals surface area contributed by atoms with E-state index in [1.807, 2.05) is 31.2 Å². The number of allylic oxidation sites excluding steroid dienone is 2. The van der Waals surface area contributed by atoms with Crippen LogP contribution in [0.2, 0.25) is 0 Å². The number of aromatic nitrogens is 4. The third-order valence-corrected chi connectivity index (χ3v) is 7.91. The van der Waals surface area contributed by atoms with Gasteiger partial charge in [0, 0.05) is 34.6 Å². The first-order valence-electron chi connectivity index (χ1n) is 14.2. The molecule has 3 aromatic heterocycles. The van der Waals surface area contributed by atoms with E-state index in [0.717, 1.165) is 80.8 Å². The number of benzene rings is 2. The lowest BCUT2D eigenvalue weighted by molar-refractivity contribution is 0.334. The van der Waals surface area contributed by atoms with Crippen molar-refractivity contribution in [1.29, 1.82) is 0 Å². The van der Waals surface area contributed by atoms with E-state index in [-0.39, 0.29) is 5.82 Å². The number of H-pyrrole nitrogens is 2. The van der Waals surface area contributed by atoms with Gasteiger partial charge in [0.25, 0.3) is 0 Å². The SMILES string of the molecule is C=C/C=C(/c1cc(F)cc(CCCN2CCCC2)c1)c1cc(-c2n[nH]c3ccc(-c4cncc(N)c4)cc23)[nH]c1C. The number of rotatable bonds is 9. The molecule has 0 unspecified atom stereocenters. The van der Waals surface area contributed by atoms with E-state index >= 15 is 0 Å². The Bertz CT molecular complexity index is 1740. The highest BCUT2D eigenvalue weighted by atomic mass is 19.1. The maximum atomic E-state index is 14.9. The Morgan fingerprint density at radius 1 is 1.07 bits per heavy atom. The lowest BCUT2D eigenvalue weighted by Crippen LogP contribution is -2.20. The molecule has 0 bridgehead atoms. The second-order valence-corrected chi connectivity index (χ2v) is 10.9. The molecule has 208 valence electrons. The predicted octanol–water partition coefficient (Wildman–Crippen LogP) is 7.30. The molecule has 5 aromatic rings. The third kappa shape index (κ3) is 5.72. The monoisotopic (exact) mass is 546 g/mol. The van der Waals surface area contributed by atoms with Crippen molar-refractivity contribution < 1.29 is 4.39 Å². The van der Waals surface area contributed by atoms with Gasteiger partial charge in [0.1, 0.15) is 11.5 Å². The first kappa shape index (κ1) is 26.7. The van der Waals surface area contributed by atoms with Crippen molar-refractivity contribution in [2.75, 3.05) is 25.4 Å². The number of aromatic amines is 2. The van der Waals surface area contributed by atoms with Crippen LogP contribution in [0.1, 0.15) is 41.6 Å². The van der Waals surface area contributed by atoms with Crippen LogP contribution >= 0.6 is 0 Å². The van der Waals surface area contributed by atoms with Crippen LogP contribution in [0.5, 0.6) is 0 Å². The molecule has 4 N–H and O–H groups in total. The summed E-state index contributed by atoms with van der Waals surface area (Å²) in [5.41, 5.74) is 15.9. The van der Waals surface area contributed by atoms with E-state index in [2.05, 4.69) is 49.8 Å². The third-order valence-electron chi connectivity index (χ3n) is 7.91. The summed E-state index contributed by atoms with van der Waals surface area (Å²) >= 11 is 0. The minimum Gasteiger partial charge on any atom is -0.397 e. The van der Waals surface area contributed by atoms with Gasteiger partial charge < -0.3 is 15.6 Å². The second kappa shape index (κ2) is 11.6. The topological polar surface area (TPSA) is 86.6 Å². The Hall–Kier alpha value is -4.49. The van der Waals surface area contributed by atoms with Gasteiger partial charge in [0.2, 0.25) is 0 Å². The number of hydrogen-bond donors (Lipinski definition) is 3. The van der Waals surface area contributed by atoms with Gasteiger partial charge in [-0.25, -0.2) is 4.39 Å². The summed E-state index contributed by atoms with van der Waals surface area (Å²) in [5.74, 6) is -0.219. The molecule has 1 fully saturated rings. The molecule has 0 atom stereocenters. The molecule has 1 aliphatic rings. The summed E-state index contributed by atoms with van der Waals surface area (Å²) in [4.78, 5) is 10.3. The van der Waals surface area contributed by atoms with Gasteiger partial charge in [-0.15, -0.1) is 0 Å².